The normalized spacial score (nSPS) is 11.9. The summed E-state index contributed by atoms with van der Waals surface area (Å²) in [6.45, 7) is 5.22. The molecule has 0 aliphatic carbocycles. The second-order valence-electron chi connectivity index (χ2n) is 8.41. The summed E-state index contributed by atoms with van der Waals surface area (Å²) < 4.78 is 1.50. The molecule has 8 nitrogen and oxygen atoms in total. The molecule has 0 fully saturated rings. The number of carbonyl (C=O) groups is 1. The molecule has 0 bridgehead atoms. The number of halogens is 1. The Hall–Kier alpha value is -4.04. The van der Waals surface area contributed by atoms with E-state index in [0.717, 1.165) is 5.56 Å². The van der Waals surface area contributed by atoms with Gasteiger partial charge in [0, 0.05) is 29.3 Å². The Morgan fingerprint density at radius 3 is 2.49 bits per heavy atom. The number of hydrogen-bond donors (Lipinski definition) is 0. The summed E-state index contributed by atoms with van der Waals surface area (Å²) in [5.74, 6) is -0.0704. The molecule has 0 N–H and O–H groups in total. The van der Waals surface area contributed by atoms with Crippen LogP contribution in [-0.4, -0.2) is 32.3 Å². The van der Waals surface area contributed by atoms with E-state index in [1.807, 2.05) is 6.92 Å². The number of hydrogen-bond acceptors (Lipinski definition) is 5. The monoisotopic (exact) mass is 490 g/mol. The van der Waals surface area contributed by atoms with Gasteiger partial charge in [0.2, 0.25) is 0 Å². The number of nitrogens with zero attached hydrogens (tertiary/aromatic N) is 4. The topological polar surface area (TPSA) is 98.3 Å². The van der Waals surface area contributed by atoms with E-state index in [-0.39, 0.29) is 16.8 Å². The Morgan fingerprint density at radius 1 is 1.09 bits per heavy atom. The van der Waals surface area contributed by atoms with Crippen molar-refractivity contribution in [3.8, 4) is 5.69 Å². The molecular weight excluding hydrogens is 468 g/mol. The molecule has 1 unspecified atom stereocenters. The Kier molecular flexibility index (Phi) is 6.41. The Morgan fingerprint density at radius 2 is 1.80 bits per heavy atom. The van der Waals surface area contributed by atoms with Crippen molar-refractivity contribution in [2.45, 2.75) is 26.8 Å². The minimum absolute atomic E-state index is 0.130. The fourth-order valence-corrected chi connectivity index (χ4v) is 4.25. The molecule has 35 heavy (non-hydrogen) atoms. The lowest BCUT2D eigenvalue weighted by molar-refractivity contribution is -0.385. The molecule has 1 atom stereocenters. The lowest BCUT2D eigenvalue weighted by Crippen LogP contribution is -2.35. The maximum absolute atomic E-state index is 13.6. The first-order valence-electron chi connectivity index (χ1n) is 10.9. The summed E-state index contributed by atoms with van der Waals surface area (Å²) in [7, 11) is 1.58. The maximum atomic E-state index is 13.6. The second kappa shape index (κ2) is 9.31. The zero-order valence-corrected chi connectivity index (χ0v) is 20.4. The van der Waals surface area contributed by atoms with E-state index in [4.69, 9.17) is 16.6 Å². The van der Waals surface area contributed by atoms with Crippen LogP contribution in [0.3, 0.4) is 0 Å². The van der Waals surface area contributed by atoms with Crippen molar-refractivity contribution in [1.29, 1.82) is 0 Å². The fourth-order valence-electron chi connectivity index (χ4n) is 4.02. The highest BCUT2D eigenvalue weighted by atomic mass is 35.5. The molecule has 0 saturated carbocycles. The molecule has 9 heteroatoms. The van der Waals surface area contributed by atoms with E-state index in [2.05, 4.69) is 0 Å². The van der Waals surface area contributed by atoms with Gasteiger partial charge in [-0.25, -0.2) is 4.98 Å². The van der Waals surface area contributed by atoms with Gasteiger partial charge >= 0.3 is 0 Å². The third-order valence-corrected chi connectivity index (χ3v) is 6.36. The number of aryl methyl sites for hydroxylation is 2. The van der Waals surface area contributed by atoms with Crippen LogP contribution in [0.2, 0.25) is 5.02 Å². The average molecular weight is 491 g/mol. The highest BCUT2D eigenvalue weighted by Crippen LogP contribution is 2.27. The predicted molar refractivity (Wildman–Crippen MR) is 135 cm³/mol. The SMILES string of the molecule is Cc1cc(Cl)ccc1-n1c(C(C)N(C)C(=O)c2ccc(C)c([N+](=O)[O-])c2)nc2ccccc2c1=O. The van der Waals surface area contributed by atoms with Crippen LogP contribution in [0.25, 0.3) is 16.6 Å². The van der Waals surface area contributed by atoms with Gasteiger partial charge in [0.1, 0.15) is 5.82 Å². The molecule has 4 rings (SSSR count). The standard InChI is InChI=1S/C26H23ClN4O4/c1-15-9-10-18(14-23(15)31(34)35)25(32)29(4)17(3)24-28-21-8-6-5-7-20(21)26(33)30(24)22-12-11-19(27)13-16(22)2/h5-14,17H,1-4H3. The van der Waals surface area contributed by atoms with Gasteiger partial charge in [0.05, 0.1) is 27.6 Å². The first kappa shape index (κ1) is 24.1. The Balaban J connectivity index is 1.87. The highest BCUT2D eigenvalue weighted by Gasteiger charge is 2.26. The number of para-hydroxylation sites is 1. The number of nitro groups is 1. The average Bonchev–Trinajstić information content (AvgIpc) is 2.83. The van der Waals surface area contributed by atoms with Crippen LogP contribution in [0, 0.1) is 24.0 Å². The van der Waals surface area contributed by atoms with Crippen molar-refractivity contribution in [1.82, 2.24) is 14.5 Å². The largest absolute Gasteiger partial charge is 0.332 e. The van der Waals surface area contributed by atoms with E-state index in [1.54, 1.807) is 75.5 Å². The number of amides is 1. The zero-order valence-electron chi connectivity index (χ0n) is 19.7. The van der Waals surface area contributed by atoms with Gasteiger partial charge in [-0.2, -0.15) is 0 Å². The van der Waals surface area contributed by atoms with Gasteiger partial charge in [-0.05, 0) is 62.7 Å². The van der Waals surface area contributed by atoms with Crippen LogP contribution in [0.1, 0.15) is 40.3 Å². The predicted octanol–water partition coefficient (Wildman–Crippen LogP) is 5.40. The minimum atomic E-state index is -0.643. The summed E-state index contributed by atoms with van der Waals surface area (Å²) in [6.07, 6.45) is 0. The number of rotatable bonds is 5. The van der Waals surface area contributed by atoms with E-state index in [9.17, 15) is 19.7 Å². The number of aromatic nitrogens is 2. The smallest absolute Gasteiger partial charge is 0.273 e. The summed E-state index contributed by atoms with van der Waals surface area (Å²) in [5, 5.41) is 12.3. The summed E-state index contributed by atoms with van der Waals surface area (Å²) >= 11 is 6.14. The number of fused-ring (bicyclic) bond motifs is 1. The van der Waals surface area contributed by atoms with Crippen LogP contribution < -0.4 is 5.56 Å². The molecule has 1 aromatic heterocycles. The molecule has 1 heterocycles. The van der Waals surface area contributed by atoms with Crippen molar-refractivity contribution in [2.75, 3.05) is 7.05 Å². The van der Waals surface area contributed by atoms with E-state index in [0.29, 0.717) is 33.0 Å². The second-order valence-corrected chi connectivity index (χ2v) is 8.85. The summed E-state index contributed by atoms with van der Waals surface area (Å²) in [4.78, 5) is 44.0. The fraction of sp³-hybridized carbons (Fsp3) is 0.192. The number of nitro benzene ring substituents is 1. The van der Waals surface area contributed by atoms with Crippen molar-refractivity contribution >= 4 is 34.1 Å². The van der Waals surface area contributed by atoms with Gasteiger partial charge in [-0.3, -0.25) is 24.3 Å². The van der Waals surface area contributed by atoms with Crippen LogP contribution in [-0.2, 0) is 0 Å². The summed E-state index contributed by atoms with van der Waals surface area (Å²) in [5.41, 5.74) is 2.12. The van der Waals surface area contributed by atoms with Crippen molar-refractivity contribution in [3.63, 3.8) is 0 Å². The molecule has 178 valence electrons. The van der Waals surface area contributed by atoms with Crippen molar-refractivity contribution in [2.24, 2.45) is 0 Å². The highest BCUT2D eigenvalue weighted by molar-refractivity contribution is 6.30. The Bertz CT molecular complexity index is 1550. The molecule has 0 aliphatic heterocycles. The quantitative estimate of drug-likeness (QED) is 0.275. The molecule has 0 saturated heterocycles. The third-order valence-electron chi connectivity index (χ3n) is 6.13. The van der Waals surface area contributed by atoms with Gasteiger partial charge in [-0.1, -0.05) is 29.8 Å². The number of benzene rings is 3. The van der Waals surface area contributed by atoms with E-state index < -0.39 is 16.9 Å². The Labute approximate surface area is 206 Å². The van der Waals surface area contributed by atoms with E-state index >= 15 is 0 Å². The van der Waals surface area contributed by atoms with Crippen LogP contribution >= 0.6 is 11.6 Å². The van der Waals surface area contributed by atoms with E-state index in [1.165, 1.54) is 15.5 Å². The van der Waals surface area contributed by atoms with Crippen LogP contribution in [0.15, 0.2) is 65.5 Å². The van der Waals surface area contributed by atoms with Crippen LogP contribution in [0.5, 0.6) is 0 Å². The van der Waals surface area contributed by atoms with Gasteiger partial charge in [0.25, 0.3) is 17.2 Å². The maximum Gasteiger partial charge on any atom is 0.273 e. The van der Waals surface area contributed by atoms with Crippen molar-refractivity contribution < 1.29 is 9.72 Å². The van der Waals surface area contributed by atoms with Gasteiger partial charge < -0.3 is 4.90 Å². The molecule has 1 amide bonds. The van der Waals surface area contributed by atoms with Crippen molar-refractivity contribution in [3.05, 3.63) is 109 Å². The molecule has 0 spiro atoms. The lowest BCUT2D eigenvalue weighted by Gasteiger charge is -2.27. The number of carbonyl (C=O) groups excluding carboxylic acids is 1. The first-order chi connectivity index (χ1) is 16.6. The van der Waals surface area contributed by atoms with Gasteiger partial charge in [0.15, 0.2) is 0 Å². The van der Waals surface area contributed by atoms with Gasteiger partial charge in [-0.15, -0.1) is 0 Å². The zero-order chi connectivity index (χ0) is 25.4. The minimum Gasteiger partial charge on any atom is -0.332 e. The molecule has 0 aliphatic rings. The molecule has 3 aromatic carbocycles. The summed E-state index contributed by atoms with van der Waals surface area (Å²) in [6, 6.07) is 15.9. The first-order valence-corrected chi connectivity index (χ1v) is 11.3. The molecule has 4 aromatic rings. The molecule has 0 radical (unpaired) electrons. The third kappa shape index (κ3) is 4.40. The van der Waals surface area contributed by atoms with Crippen LogP contribution in [0.4, 0.5) is 5.69 Å². The lowest BCUT2D eigenvalue weighted by atomic mass is 10.1. The molecular formula is C26H23ClN4O4.